The van der Waals surface area contributed by atoms with E-state index in [1.165, 1.54) is 21.1 Å². The summed E-state index contributed by atoms with van der Waals surface area (Å²) in [5, 5.41) is 0. The van der Waals surface area contributed by atoms with Crippen LogP contribution in [-0.2, 0) is 28.6 Å². The number of ether oxygens (including phenoxy) is 3. The molecule has 0 saturated heterocycles. The van der Waals surface area contributed by atoms with Gasteiger partial charge in [-0.15, -0.1) is 0 Å². The van der Waals surface area contributed by atoms with Crippen molar-refractivity contribution in [2.75, 3.05) is 14.2 Å². The molecule has 0 spiro atoms. The van der Waals surface area contributed by atoms with Gasteiger partial charge in [0.1, 0.15) is 0 Å². The second kappa shape index (κ2) is 6.58. The van der Waals surface area contributed by atoms with Gasteiger partial charge in [-0.2, -0.15) is 0 Å². The number of methoxy groups -OCH3 is 2. The van der Waals surface area contributed by atoms with Crippen molar-refractivity contribution in [1.29, 1.82) is 0 Å². The Kier molecular flexibility index (Phi) is 5.77. The van der Waals surface area contributed by atoms with Gasteiger partial charge in [0.15, 0.2) is 6.10 Å². The van der Waals surface area contributed by atoms with Crippen molar-refractivity contribution in [2.24, 2.45) is 0 Å². The molecule has 0 heterocycles. The molecule has 0 amide bonds. The van der Waals surface area contributed by atoms with Gasteiger partial charge in [0.05, 0.1) is 14.2 Å². The van der Waals surface area contributed by atoms with Crippen LogP contribution in [0, 0.1) is 0 Å². The third-order valence-corrected chi connectivity index (χ3v) is 1.38. The van der Waals surface area contributed by atoms with Gasteiger partial charge in [-0.25, -0.2) is 14.4 Å². The second-order valence-corrected chi connectivity index (χ2v) is 2.46. The van der Waals surface area contributed by atoms with Crippen LogP contribution in [0.5, 0.6) is 0 Å². The summed E-state index contributed by atoms with van der Waals surface area (Å²) in [7, 11) is 2.35. The summed E-state index contributed by atoms with van der Waals surface area (Å²) in [5.41, 5.74) is 0. The Bertz CT molecular complexity index is 280. The minimum atomic E-state index is -1.01. The third-order valence-electron chi connectivity index (χ3n) is 1.38. The molecule has 0 bridgehead atoms. The number of carbonyl (C=O) groups is 3. The van der Waals surface area contributed by atoms with E-state index in [2.05, 4.69) is 14.2 Å². The molecule has 15 heavy (non-hydrogen) atoms. The van der Waals surface area contributed by atoms with E-state index < -0.39 is 24.0 Å². The minimum absolute atomic E-state index is 0.671. The zero-order valence-electron chi connectivity index (χ0n) is 8.68. The van der Waals surface area contributed by atoms with Gasteiger partial charge < -0.3 is 14.2 Å². The largest absolute Gasteiger partial charge is 0.466 e. The quantitative estimate of drug-likeness (QED) is 0.368. The van der Waals surface area contributed by atoms with Crippen molar-refractivity contribution in [2.45, 2.75) is 13.0 Å². The summed E-state index contributed by atoms with van der Waals surface area (Å²) in [5.74, 6) is -2.18. The van der Waals surface area contributed by atoms with Crippen molar-refractivity contribution >= 4 is 17.9 Å². The highest BCUT2D eigenvalue weighted by Crippen LogP contribution is 1.95. The first-order valence-electron chi connectivity index (χ1n) is 4.05. The summed E-state index contributed by atoms with van der Waals surface area (Å²) in [6, 6.07) is 0. The van der Waals surface area contributed by atoms with Gasteiger partial charge in [-0.3, -0.25) is 0 Å². The summed E-state index contributed by atoms with van der Waals surface area (Å²) in [6.07, 6.45) is 0.752. The molecule has 0 saturated carbocycles. The van der Waals surface area contributed by atoms with E-state index in [0.717, 1.165) is 12.2 Å². The van der Waals surface area contributed by atoms with Crippen LogP contribution in [0.15, 0.2) is 12.2 Å². The van der Waals surface area contributed by atoms with E-state index in [1.54, 1.807) is 0 Å². The third kappa shape index (κ3) is 5.45. The molecular formula is C9H12O6. The molecule has 6 heteroatoms. The molecular weight excluding hydrogens is 204 g/mol. The highest BCUT2D eigenvalue weighted by atomic mass is 16.6. The maximum absolute atomic E-state index is 11.0. The molecule has 0 aromatic rings. The molecule has 1 atom stereocenters. The number of esters is 3. The molecule has 0 N–H and O–H groups in total. The molecule has 6 nitrogen and oxygen atoms in total. The molecule has 0 aromatic heterocycles. The molecule has 84 valence electrons. The molecule has 0 rings (SSSR count). The van der Waals surface area contributed by atoms with Gasteiger partial charge in [0.2, 0.25) is 0 Å². The minimum Gasteiger partial charge on any atom is -0.466 e. The maximum Gasteiger partial charge on any atom is 0.346 e. The lowest BCUT2D eigenvalue weighted by atomic mass is 10.4. The predicted octanol–water partition coefficient (Wildman–Crippen LogP) is -0.180. The van der Waals surface area contributed by atoms with Crippen LogP contribution in [0.2, 0.25) is 0 Å². The number of carbonyl (C=O) groups excluding carboxylic acids is 3. The van der Waals surface area contributed by atoms with E-state index in [1.807, 2.05) is 0 Å². The summed E-state index contributed by atoms with van der Waals surface area (Å²) in [6.45, 7) is 1.36. The molecule has 0 aliphatic rings. The van der Waals surface area contributed by atoms with Crippen LogP contribution in [0.25, 0.3) is 0 Å². The fraction of sp³-hybridized carbons (Fsp3) is 0.444. The molecule has 0 aliphatic carbocycles. The van der Waals surface area contributed by atoms with E-state index in [4.69, 9.17) is 0 Å². The lowest BCUT2D eigenvalue weighted by Crippen LogP contribution is -2.24. The van der Waals surface area contributed by atoms with Crippen molar-refractivity contribution in [1.82, 2.24) is 0 Å². The van der Waals surface area contributed by atoms with Crippen LogP contribution in [0.1, 0.15) is 6.92 Å². The van der Waals surface area contributed by atoms with Crippen LogP contribution in [0.4, 0.5) is 0 Å². The Balaban J connectivity index is 4.09. The first-order chi connectivity index (χ1) is 7.01. The van der Waals surface area contributed by atoms with Crippen molar-refractivity contribution in [3.63, 3.8) is 0 Å². The second-order valence-electron chi connectivity index (χ2n) is 2.46. The molecule has 1 unspecified atom stereocenters. The lowest BCUT2D eigenvalue weighted by Gasteiger charge is -2.08. The van der Waals surface area contributed by atoms with E-state index in [9.17, 15) is 14.4 Å². The van der Waals surface area contributed by atoms with Gasteiger partial charge in [-0.1, -0.05) is 0 Å². The van der Waals surface area contributed by atoms with Crippen LogP contribution in [-0.4, -0.2) is 38.2 Å². The zero-order valence-corrected chi connectivity index (χ0v) is 8.68. The highest BCUT2D eigenvalue weighted by Gasteiger charge is 2.16. The first kappa shape index (κ1) is 13.2. The fourth-order valence-electron chi connectivity index (χ4n) is 0.632. The highest BCUT2D eigenvalue weighted by molar-refractivity contribution is 5.92. The molecule has 0 radical (unpaired) electrons. The SMILES string of the molecule is COC(=O)/C=C/C(=O)OC(C)C(=O)OC. The Morgan fingerprint density at radius 1 is 1.00 bits per heavy atom. The summed E-state index contributed by atoms with van der Waals surface area (Å²) < 4.78 is 13.2. The summed E-state index contributed by atoms with van der Waals surface area (Å²) in [4.78, 5) is 32.4. The Morgan fingerprint density at radius 2 is 1.53 bits per heavy atom. The standard InChI is InChI=1S/C9H12O6/c1-6(9(12)14-3)15-8(11)5-4-7(10)13-2/h4-6H,1-3H3/b5-4+. The van der Waals surface area contributed by atoms with Gasteiger partial charge >= 0.3 is 17.9 Å². The number of hydrogen-bond acceptors (Lipinski definition) is 6. The normalized spacial score (nSPS) is 11.9. The van der Waals surface area contributed by atoms with Crippen LogP contribution < -0.4 is 0 Å². The number of rotatable bonds is 4. The van der Waals surface area contributed by atoms with Gasteiger partial charge in [0.25, 0.3) is 0 Å². The monoisotopic (exact) mass is 216 g/mol. The van der Waals surface area contributed by atoms with Crippen molar-refractivity contribution in [3.8, 4) is 0 Å². The van der Waals surface area contributed by atoms with Gasteiger partial charge in [0, 0.05) is 12.2 Å². The Labute approximate surface area is 86.8 Å². The van der Waals surface area contributed by atoms with E-state index in [-0.39, 0.29) is 0 Å². The Hall–Kier alpha value is -1.85. The average molecular weight is 216 g/mol. The lowest BCUT2D eigenvalue weighted by molar-refractivity contribution is -0.161. The van der Waals surface area contributed by atoms with Crippen molar-refractivity contribution in [3.05, 3.63) is 12.2 Å². The van der Waals surface area contributed by atoms with Crippen LogP contribution >= 0.6 is 0 Å². The summed E-state index contributed by atoms with van der Waals surface area (Å²) >= 11 is 0. The zero-order chi connectivity index (χ0) is 11.8. The predicted molar refractivity (Wildman–Crippen MR) is 48.7 cm³/mol. The smallest absolute Gasteiger partial charge is 0.346 e. The van der Waals surface area contributed by atoms with E-state index >= 15 is 0 Å². The topological polar surface area (TPSA) is 78.9 Å². The molecule has 0 aliphatic heterocycles. The Morgan fingerprint density at radius 3 is 2.00 bits per heavy atom. The fourth-order valence-corrected chi connectivity index (χ4v) is 0.632. The average Bonchev–Trinajstić information content (AvgIpc) is 2.24. The maximum atomic E-state index is 11.0. The van der Waals surface area contributed by atoms with E-state index in [0.29, 0.717) is 0 Å². The van der Waals surface area contributed by atoms with Gasteiger partial charge in [-0.05, 0) is 6.92 Å². The van der Waals surface area contributed by atoms with Crippen molar-refractivity contribution < 1.29 is 28.6 Å². The number of hydrogen-bond donors (Lipinski definition) is 0. The molecule has 0 fully saturated rings. The van der Waals surface area contributed by atoms with Crippen LogP contribution in [0.3, 0.4) is 0 Å². The molecule has 0 aromatic carbocycles. The first-order valence-corrected chi connectivity index (χ1v) is 4.05.